The maximum Gasteiger partial charge on any atom is 0.0547 e. The summed E-state index contributed by atoms with van der Waals surface area (Å²) in [5.41, 5.74) is 7.48. The summed E-state index contributed by atoms with van der Waals surface area (Å²) in [6.45, 7) is 6.31. The molecule has 0 amide bonds. The molecule has 0 N–H and O–H groups in total. The highest BCUT2D eigenvalue weighted by Gasteiger charge is 2.13. The first kappa shape index (κ1) is 16.4. The molecule has 0 fully saturated rings. The van der Waals surface area contributed by atoms with Gasteiger partial charge in [0.05, 0.1) is 11.0 Å². The van der Waals surface area contributed by atoms with E-state index < -0.39 is 0 Å². The van der Waals surface area contributed by atoms with Crippen LogP contribution in [0.1, 0.15) is 25.0 Å². The lowest BCUT2D eigenvalue weighted by Crippen LogP contribution is -1.93. The first-order chi connectivity index (χ1) is 12.7. The van der Waals surface area contributed by atoms with E-state index in [0.29, 0.717) is 0 Å². The van der Waals surface area contributed by atoms with Gasteiger partial charge in [-0.2, -0.15) is 0 Å². The van der Waals surface area contributed by atoms with Crippen LogP contribution in [-0.4, -0.2) is 4.57 Å². The van der Waals surface area contributed by atoms with Crippen LogP contribution in [0.3, 0.4) is 0 Å². The van der Waals surface area contributed by atoms with Crippen molar-refractivity contribution in [3.05, 3.63) is 96.1 Å². The molecular formula is C25H23N. The minimum atomic E-state index is 1.20. The first-order valence-electron chi connectivity index (χ1n) is 9.12. The molecular weight excluding hydrogens is 314 g/mol. The summed E-state index contributed by atoms with van der Waals surface area (Å²) in [6, 6.07) is 24.1. The van der Waals surface area contributed by atoms with E-state index in [1.54, 1.807) is 0 Å². The molecule has 0 atom stereocenters. The second-order valence-electron chi connectivity index (χ2n) is 6.67. The highest BCUT2D eigenvalue weighted by atomic mass is 15.0. The number of allylic oxidation sites excluding steroid dienone is 4. The van der Waals surface area contributed by atoms with Gasteiger partial charge in [0.2, 0.25) is 0 Å². The molecule has 1 heterocycles. The van der Waals surface area contributed by atoms with E-state index in [9.17, 15) is 0 Å². The summed E-state index contributed by atoms with van der Waals surface area (Å²) in [5, 5.41) is 2.61. The molecule has 0 saturated carbocycles. The van der Waals surface area contributed by atoms with Gasteiger partial charge in [-0.15, -0.1) is 0 Å². The van der Waals surface area contributed by atoms with Gasteiger partial charge in [0.1, 0.15) is 0 Å². The van der Waals surface area contributed by atoms with Crippen molar-refractivity contribution in [2.45, 2.75) is 20.8 Å². The third-order valence-corrected chi connectivity index (χ3v) is 4.93. The van der Waals surface area contributed by atoms with Gasteiger partial charge >= 0.3 is 0 Å². The molecule has 128 valence electrons. The predicted octanol–water partition coefficient (Wildman–Crippen LogP) is 7.07. The van der Waals surface area contributed by atoms with Crippen LogP contribution in [0.15, 0.2) is 85.0 Å². The zero-order chi connectivity index (χ0) is 18.1. The second kappa shape index (κ2) is 6.68. The van der Waals surface area contributed by atoms with Crippen molar-refractivity contribution < 1.29 is 0 Å². The normalized spacial score (nSPS) is 12.5. The molecule has 0 bridgehead atoms. The van der Waals surface area contributed by atoms with E-state index >= 15 is 0 Å². The number of hydrogen-bond donors (Lipinski definition) is 0. The zero-order valence-corrected chi connectivity index (χ0v) is 15.5. The quantitative estimate of drug-likeness (QED) is 0.352. The molecule has 1 heteroatoms. The van der Waals surface area contributed by atoms with Crippen molar-refractivity contribution in [1.29, 1.82) is 0 Å². The van der Waals surface area contributed by atoms with Gasteiger partial charge in [0.25, 0.3) is 0 Å². The molecule has 0 radical (unpaired) electrons. The minimum Gasteiger partial charge on any atom is -0.309 e. The van der Waals surface area contributed by atoms with Crippen LogP contribution in [0.25, 0.3) is 33.1 Å². The standard InChI is InChI=1S/C25H23N/c1-4-9-19(5-2)20-13-14-22-23-16-18(3)12-15-24(23)26(25(22)17-20)21-10-7-6-8-11-21/h4-17H,1-3H3. The van der Waals surface area contributed by atoms with Gasteiger partial charge in [-0.1, -0.05) is 60.2 Å². The number of para-hydroxylation sites is 1. The topological polar surface area (TPSA) is 4.93 Å². The van der Waals surface area contributed by atoms with Crippen molar-refractivity contribution in [3.63, 3.8) is 0 Å². The van der Waals surface area contributed by atoms with Gasteiger partial charge in [-0.3, -0.25) is 0 Å². The highest BCUT2D eigenvalue weighted by molar-refractivity contribution is 6.10. The fourth-order valence-electron chi connectivity index (χ4n) is 3.71. The van der Waals surface area contributed by atoms with Crippen LogP contribution in [0.5, 0.6) is 0 Å². The Labute approximate surface area is 154 Å². The van der Waals surface area contributed by atoms with E-state index in [1.165, 1.54) is 44.2 Å². The third kappa shape index (κ3) is 2.66. The van der Waals surface area contributed by atoms with Crippen molar-refractivity contribution in [1.82, 2.24) is 4.57 Å². The highest BCUT2D eigenvalue weighted by Crippen LogP contribution is 2.34. The van der Waals surface area contributed by atoms with Crippen molar-refractivity contribution >= 4 is 27.4 Å². The number of aromatic nitrogens is 1. The van der Waals surface area contributed by atoms with E-state index in [1.807, 2.05) is 0 Å². The Kier molecular flexibility index (Phi) is 4.22. The average Bonchev–Trinajstić information content (AvgIpc) is 2.99. The van der Waals surface area contributed by atoms with Crippen LogP contribution in [0.2, 0.25) is 0 Å². The minimum absolute atomic E-state index is 1.20. The Morgan fingerprint density at radius 3 is 2.35 bits per heavy atom. The number of fused-ring (bicyclic) bond motifs is 3. The summed E-state index contributed by atoms with van der Waals surface area (Å²) in [5.74, 6) is 0. The van der Waals surface area contributed by atoms with Crippen LogP contribution in [0.4, 0.5) is 0 Å². The maximum atomic E-state index is 2.37. The lowest BCUT2D eigenvalue weighted by Gasteiger charge is -2.09. The van der Waals surface area contributed by atoms with Crippen molar-refractivity contribution in [2.24, 2.45) is 0 Å². The number of nitrogens with zero attached hydrogens (tertiary/aromatic N) is 1. The number of aryl methyl sites for hydroxylation is 1. The Morgan fingerprint density at radius 1 is 0.808 bits per heavy atom. The van der Waals surface area contributed by atoms with Crippen LogP contribution >= 0.6 is 0 Å². The molecule has 0 saturated heterocycles. The van der Waals surface area contributed by atoms with Crippen molar-refractivity contribution in [3.8, 4) is 5.69 Å². The van der Waals surface area contributed by atoms with Gasteiger partial charge in [-0.05, 0) is 62.2 Å². The van der Waals surface area contributed by atoms with Gasteiger partial charge < -0.3 is 4.57 Å². The molecule has 0 aliphatic carbocycles. The molecule has 0 spiro atoms. The van der Waals surface area contributed by atoms with Crippen LogP contribution in [-0.2, 0) is 0 Å². The molecule has 3 aromatic carbocycles. The molecule has 0 aliphatic heterocycles. The number of rotatable bonds is 3. The molecule has 1 aromatic heterocycles. The molecule has 0 unspecified atom stereocenters. The van der Waals surface area contributed by atoms with E-state index in [4.69, 9.17) is 0 Å². The Hall–Kier alpha value is -3.06. The second-order valence-corrected chi connectivity index (χ2v) is 6.67. The fourth-order valence-corrected chi connectivity index (χ4v) is 3.71. The van der Waals surface area contributed by atoms with Crippen LogP contribution < -0.4 is 0 Å². The number of benzene rings is 3. The van der Waals surface area contributed by atoms with Gasteiger partial charge in [0, 0.05) is 16.5 Å². The van der Waals surface area contributed by atoms with Gasteiger partial charge in [0.15, 0.2) is 0 Å². The molecule has 26 heavy (non-hydrogen) atoms. The maximum absolute atomic E-state index is 2.37. The smallest absolute Gasteiger partial charge is 0.0547 e. The lowest BCUT2D eigenvalue weighted by molar-refractivity contribution is 1.18. The Morgan fingerprint density at radius 2 is 1.62 bits per heavy atom. The Bertz CT molecular complexity index is 1140. The van der Waals surface area contributed by atoms with E-state index in [-0.39, 0.29) is 0 Å². The van der Waals surface area contributed by atoms with Gasteiger partial charge in [-0.25, -0.2) is 0 Å². The lowest BCUT2D eigenvalue weighted by atomic mass is 10.0. The molecule has 1 nitrogen and oxygen atoms in total. The largest absolute Gasteiger partial charge is 0.309 e. The summed E-state index contributed by atoms with van der Waals surface area (Å²) in [4.78, 5) is 0. The summed E-state index contributed by atoms with van der Waals surface area (Å²) in [7, 11) is 0. The summed E-state index contributed by atoms with van der Waals surface area (Å²) in [6.07, 6.45) is 6.43. The summed E-state index contributed by atoms with van der Waals surface area (Å²) >= 11 is 0. The Balaban J connectivity index is 2.11. The van der Waals surface area contributed by atoms with Crippen molar-refractivity contribution in [2.75, 3.05) is 0 Å². The monoisotopic (exact) mass is 337 g/mol. The summed E-state index contributed by atoms with van der Waals surface area (Å²) < 4.78 is 2.37. The van der Waals surface area contributed by atoms with Crippen LogP contribution in [0, 0.1) is 6.92 Å². The molecule has 4 rings (SSSR count). The average molecular weight is 337 g/mol. The number of hydrogen-bond acceptors (Lipinski definition) is 0. The zero-order valence-electron chi connectivity index (χ0n) is 15.5. The molecule has 4 aromatic rings. The molecule has 0 aliphatic rings. The SMILES string of the molecule is CC=CC(=CC)c1ccc2c3cc(C)ccc3n(-c3ccccc3)c2c1. The third-order valence-electron chi connectivity index (χ3n) is 4.93. The fraction of sp³-hybridized carbons (Fsp3) is 0.120. The predicted molar refractivity (Wildman–Crippen MR) is 114 cm³/mol. The van der Waals surface area contributed by atoms with E-state index in [0.717, 1.165) is 0 Å². The van der Waals surface area contributed by atoms with E-state index in [2.05, 4.69) is 110 Å². The first-order valence-corrected chi connectivity index (χ1v) is 9.12.